The topological polar surface area (TPSA) is 99.1 Å². The zero-order chi connectivity index (χ0) is 22.4. The standard InChI is InChI=1S/C23H25ClFN3O3/c24-18-5-3-15(21(25)12-18)4-6-20(29)11-17(9-14-1-2-14)23(31)28-19(13-26)10-16-7-8-27-22(16)30/h3-6,12,14,16-17,19H,1-2,7-11H2,(H,27,30)(H,28,31)/b6-4+/t16-,17+,19-/m0/s1. The number of carbonyl (C=O) groups is 3. The lowest BCUT2D eigenvalue weighted by molar-refractivity contribution is -0.129. The molecule has 2 fully saturated rings. The number of ketones is 1. The van der Waals surface area contributed by atoms with Gasteiger partial charge in [-0.1, -0.05) is 30.5 Å². The van der Waals surface area contributed by atoms with E-state index in [1.807, 2.05) is 0 Å². The van der Waals surface area contributed by atoms with Crippen LogP contribution in [0.2, 0.25) is 5.02 Å². The third kappa shape index (κ3) is 6.90. The maximum atomic E-state index is 13.9. The quantitative estimate of drug-likeness (QED) is 0.539. The molecule has 1 aliphatic heterocycles. The van der Waals surface area contributed by atoms with Crippen molar-refractivity contribution in [2.75, 3.05) is 6.54 Å². The van der Waals surface area contributed by atoms with Gasteiger partial charge in [0, 0.05) is 35.4 Å². The lowest BCUT2D eigenvalue weighted by atomic mass is 9.93. The van der Waals surface area contributed by atoms with Crippen LogP contribution in [0.25, 0.3) is 6.08 Å². The highest BCUT2D eigenvalue weighted by Crippen LogP contribution is 2.36. The van der Waals surface area contributed by atoms with Gasteiger partial charge in [-0.2, -0.15) is 5.26 Å². The third-order valence-electron chi connectivity index (χ3n) is 5.70. The first-order valence-electron chi connectivity index (χ1n) is 10.5. The van der Waals surface area contributed by atoms with Crippen LogP contribution in [-0.4, -0.2) is 30.2 Å². The Morgan fingerprint density at radius 1 is 1.32 bits per heavy atom. The fraction of sp³-hybridized carbons (Fsp3) is 0.478. The van der Waals surface area contributed by atoms with E-state index < -0.39 is 17.8 Å². The molecule has 2 amide bonds. The summed E-state index contributed by atoms with van der Waals surface area (Å²) in [6.07, 6.45) is 6.14. The molecule has 6 nitrogen and oxygen atoms in total. The van der Waals surface area contributed by atoms with E-state index in [4.69, 9.17) is 11.6 Å². The number of carbonyl (C=O) groups excluding carboxylic acids is 3. The molecule has 1 aromatic rings. The van der Waals surface area contributed by atoms with E-state index in [2.05, 4.69) is 16.7 Å². The molecule has 0 radical (unpaired) electrons. The number of allylic oxidation sites excluding steroid dienone is 1. The minimum Gasteiger partial charge on any atom is -0.356 e. The number of nitriles is 1. The van der Waals surface area contributed by atoms with Crippen LogP contribution < -0.4 is 10.6 Å². The fourth-order valence-corrected chi connectivity index (χ4v) is 3.92. The maximum Gasteiger partial charge on any atom is 0.224 e. The van der Waals surface area contributed by atoms with Crippen molar-refractivity contribution >= 4 is 35.3 Å². The Kier molecular flexibility index (Phi) is 7.80. The van der Waals surface area contributed by atoms with Crippen molar-refractivity contribution in [1.82, 2.24) is 10.6 Å². The predicted molar refractivity (Wildman–Crippen MR) is 114 cm³/mol. The summed E-state index contributed by atoms with van der Waals surface area (Å²) in [5.41, 5.74) is 0.236. The average Bonchev–Trinajstić information content (AvgIpc) is 3.46. The second-order valence-electron chi connectivity index (χ2n) is 8.25. The first-order valence-corrected chi connectivity index (χ1v) is 10.9. The molecule has 0 spiro atoms. The molecule has 0 aromatic heterocycles. The Morgan fingerprint density at radius 3 is 2.71 bits per heavy atom. The van der Waals surface area contributed by atoms with Crippen LogP contribution in [0.5, 0.6) is 0 Å². The highest BCUT2D eigenvalue weighted by molar-refractivity contribution is 6.30. The minimum absolute atomic E-state index is 0.0178. The third-order valence-corrected chi connectivity index (χ3v) is 5.93. The molecule has 2 aliphatic rings. The summed E-state index contributed by atoms with van der Waals surface area (Å²) in [5, 5.41) is 15.1. The molecular weight excluding hydrogens is 421 g/mol. The van der Waals surface area contributed by atoms with Crippen molar-refractivity contribution in [1.29, 1.82) is 5.26 Å². The molecule has 31 heavy (non-hydrogen) atoms. The Hall–Kier alpha value is -2.72. The van der Waals surface area contributed by atoms with Gasteiger partial charge >= 0.3 is 0 Å². The Balaban J connectivity index is 1.59. The van der Waals surface area contributed by atoms with E-state index in [1.165, 1.54) is 30.4 Å². The summed E-state index contributed by atoms with van der Waals surface area (Å²) >= 11 is 5.73. The van der Waals surface area contributed by atoms with E-state index >= 15 is 0 Å². The van der Waals surface area contributed by atoms with E-state index in [0.29, 0.717) is 25.3 Å². The van der Waals surface area contributed by atoms with Gasteiger partial charge in [0.1, 0.15) is 11.9 Å². The smallest absolute Gasteiger partial charge is 0.224 e. The van der Waals surface area contributed by atoms with Crippen LogP contribution in [0.1, 0.15) is 44.1 Å². The largest absolute Gasteiger partial charge is 0.356 e. The highest BCUT2D eigenvalue weighted by atomic mass is 35.5. The normalized spacial score (nSPS) is 20.2. The highest BCUT2D eigenvalue weighted by Gasteiger charge is 2.33. The molecule has 1 aromatic carbocycles. The van der Waals surface area contributed by atoms with Gasteiger partial charge in [-0.25, -0.2) is 4.39 Å². The Bertz CT molecular complexity index is 923. The van der Waals surface area contributed by atoms with Gasteiger partial charge in [0.2, 0.25) is 11.8 Å². The maximum absolute atomic E-state index is 13.9. The van der Waals surface area contributed by atoms with Crippen molar-refractivity contribution in [3.63, 3.8) is 0 Å². The molecule has 164 valence electrons. The summed E-state index contributed by atoms with van der Waals surface area (Å²) < 4.78 is 13.9. The zero-order valence-electron chi connectivity index (χ0n) is 17.1. The van der Waals surface area contributed by atoms with Crippen LogP contribution in [0.15, 0.2) is 24.3 Å². The number of benzene rings is 1. The van der Waals surface area contributed by atoms with Gasteiger partial charge in [0.15, 0.2) is 5.78 Å². The van der Waals surface area contributed by atoms with Crippen LogP contribution >= 0.6 is 11.6 Å². The lowest BCUT2D eigenvalue weighted by Crippen LogP contribution is -2.40. The number of nitrogens with one attached hydrogen (secondary N) is 2. The molecule has 2 N–H and O–H groups in total. The van der Waals surface area contributed by atoms with Crippen molar-refractivity contribution in [2.24, 2.45) is 17.8 Å². The van der Waals surface area contributed by atoms with Crippen molar-refractivity contribution in [2.45, 2.75) is 44.6 Å². The van der Waals surface area contributed by atoms with Crippen molar-refractivity contribution in [3.8, 4) is 6.07 Å². The summed E-state index contributed by atoms with van der Waals surface area (Å²) in [6.45, 7) is 0.578. The lowest BCUT2D eigenvalue weighted by Gasteiger charge is -2.19. The van der Waals surface area contributed by atoms with Gasteiger partial charge in [0.05, 0.1) is 6.07 Å². The molecular formula is C23H25ClFN3O3. The van der Waals surface area contributed by atoms with Crippen molar-refractivity contribution < 1.29 is 18.8 Å². The summed E-state index contributed by atoms with van der Waals surface area (Å²) in [7, 11) is 0. The second-order valence-corrected chi connectivity index (χ2v) is 8.68. The molecule has 0 bridgehead atoms. The molecule has 3 rings (SSSR count). The van der Waals surface area contributed by atoms with Gasteiger partial charge in [-0.3, -0.25) is 14.4 Å². The average molecular weight is 446 g/mol. The summed E-state index contributed by atoms with van der Waals surface area (Å²) in [4.78, 5) is 37.0. The van der Waals surface area contributed by atoms with Crippen LogP contribution in [-0.2, 0) is 14.4 Å². The number of nitrogens with zero attached hydrogens (tertiary/aromatic N) is 1. The first-order chi connectivity index (χ1) is 14.9. The van der Waals surface area contributed by atoms with E-state index in [-0.39, 0.29) is 46.9 Å². The Labute approximate surface area is 185 Å². The number of halogens is 2. The minimum atomic E-state index is -0.781. The monoisotopic (exact) mass is 445 g/mol. The van der Waals surface area contributed by atoms with Crippen LogP contribution in [0.4, 0.5) is 4.39 Å². The summed E-state index contributed by atoms with van der Waals surface area (Å²) in [6, 6.07) is 5.45. The van der Waals surface area contributed by atoms with Crippen LogP contribution in [0, 0.1) is 34.9 Å². The zero-order valence-corrected chi connectivity index (χ0v) is 17.8. The second kappa shape index (κ2) is 10.5. The number of hydrogen-bond donors (Lipinski definition) is 2. The number of rotatable bonds is 10. The van der Waals surface area contributed by atoms with E-state index in [0.717, 1.165) is 12.8 Å². The van der Waals surface area contributed by atoms with Crippen molar-refractivity contribution in [3.05, 3.63) is 40.7 Å². The molecule has 1 saturated carbocycles. The molecule has 1 aliphatic carbocycles. The molecule has 0 unspecified atom stereocenters. The first kappa shape index (κ1) is 23.0. The Morgan fingerprint density at radius 2 is 2.10 bits per heavy atom. The van der Waals surface area contributed by atoms with Gasteiger partial charge < -0.3 is 10.6 Å². The van der Waals surface area contributed by atoms with Gasteiger partial charge in [0.25, 0.3) is 0 Å². The molecule has 1 heterocycles. The number of hydrogen-bond acceptors (Lipinski definition) is 4. The van der Waals surface area contributed by atoms with Gasteiger partial charge in [-0.15, -0.1) is 0 Å². The SMILES string of the molecule is N#C[C@H](C[C@@H]1CCNC1=O)NC(=O)[C@@H](CC(=O)/C=C/c1ccc(Cl)cc1F)CC1CC1. The van der Waals surface area contributed by atoms with E-state index in [9.17, 15) is 24.0 Å². The fourth-order valence-electron chi connectivity index (χ4n) is 3.76. The van der Waals surface area contributed by atoms with Gasteiger partial charge in [-0.05, 0) is 49.5 Å². The van der Waals surface area contributed by atoms with E-state index in [1.54, 1.807) is 0 Å². The molecule has 8 heteroatoms. The molecule has 1 saturated heterocycles. The molecule has 3 atom stereocenters. The van der Waals surface area contributed by atoms with Crippen LogP contribution in [0.3, 0.4) is 0 Å². The summed E-state index contributed by atoms with van der Waals surface area (Å²) in [5.74, 6) is -1.72. The number of amides is 2. The predicted octanol–water partition coefficient (Wildman–Crippen LogP) is 3.40.